The summed E-state index contributed by atoms with van der Waals surface area (Å²) >= 11 is 0. The molecule has 2 aliphatic heterocycles. The molecule has 4 aliphatic rings. The number of ether oxygens (including phenoxy) is 3. The zero-order valence-corrected chi connectivity index (χ0v) is 25.9. The molecular weight excluding hydrogens is 538 g/mol. The molecule has 6 heteroatoms. The summed E-state index contributed by atoms with van der Waals surface area (Å²) < 4.78 is 19.8. The zero-order chi connectivity index (χ0) is 29.9. The van der Waals surface area contributed by atoms with E-state index in [9.17, 15) is 4.79 Å². The number of hydrogen-bond donors (Lipinski definition) is 0. The fourth-order valence-electron chi connectivity index (χ4n) is 8.53. The Morgan fingerprint density at radius 2 is 1.53 bits per heavy atom. The second-order valence-electron chi connectivity index (χ2n) is 13.1. The molecular formula is C37H43NO5. The van der Waals surface area contributed by atoms with Gasteiger partial charge in [-0.1, -0.05) is 80.6 Å². The molecule has 0 radical (unpaired) electrons. The van der Waals surface area contributed by atoms with E-state index < -0.39 is 11.2 Å². The third-order valence-corrected chi connectivity index (χ3v) is 11.1. The van der Waals surface area contributed by atoms with E-state index in [0.717, 1.165) is 18.4 Å². The molecule has 6 nitrogen and oxygen atoms in total. The van der Waals surface area contributed by atoms with Gasteiger partial charge in [0.05, 0.1) is 24.7 Å². The number of piperidine rings is 1. The van der Waals surface area contributed by atoms with Gasteiger partial charge in [-0.05, 0) is 61.8 Å². The summed E-state index contributed by atoms with van der Waals surface area (Å²) in [5, 5.41) is 2.24. The summed E-state index contributed by atoms with van der Waals surface area (Å²) in [7, 11) is 1.67. The molecule has 5 unspecified atom stereocenters. The maximum Gasteiger partial charge on any atom is 0.281 e. The fraction of sp³-hybridized carbons (Fsp3) is 0.486. The van der Waals surface area contributed by atoms with Crippen LogP contribution in [-0.2, 0) is 26.2 Å². The summed E-state index contributed by atoms with van der Waals surface area (Å²) in [6.45, 7) is 9.36. The molecule has 2 aliphatic carbocycles. The van der Waals surface area contributed by atoms with E-state index >= 15 is 0 Å². The Kier molecular flexibility index (Phi) is 7.15. The van der Waals surface area contributed by atoms with Crippen molar-refractivity contribution in [1.29, 1.82) is 0 Å². The second kappa shape index (κ2) is 10.8. The van der Waals surface area contributed by atoms with E-state index in [-0.39, 0.29) is 41.8 Å². The van der Waals surface area contributed by atoms with Gasteiger partial charge in [-0.15, -0.1) is 0 Å². The van der Waals surface area contributed by atoms with E-state index in [1.165, 1.54) is 16.7 Å². The average Bonchev–Trinajstić information content (AvgIpc) is 3.34. The van der Waals surface area contributed by atoms with Gasteiger partial charge in [0.2, 0.25) is 5.78 Å². The standard InChI is InChI=1S/C37H43NO5/c1-23(27-12-8-6-9-13-27)25(3)41-37-33(39)19-17-30-31-22-29-16-18-32(40-5)35(42-37)34(29)36(30,37)20-21-38(31)43-26(4)24(2)28-14-10-7-11-15-28/h6-16,18,23-26,30-31H,17,19-22H2,1-5H3/t23?,24?,25?,26?,30-,31+,36-,37?/m0/s1. The van der Waals surface area contributed by atoms with E-state index in [1.54, 1.807) is 7.11 Å². The topological polar surface area (TPSA) is 57.2 Å². The molecule has 3 aromatic carbocycles. The molecule has 43 heavy (non-hydrogen) atoms. The number of benzene rings is 3. The molecule has 0 aromatic heterocycles. The molecule has 7 rings (SSSR count). The first-order valence-electron chi connectivity index (χ1n) is 15.9. The maximum atomic E-state index is 14.3. The lowest BCUT2D eigenvalue weighted by Crippen LogP contribution is -2.73. The molecule has 1 spiro atoms. The van der Waals surface area contributed by atoms with Crippen molar-refractivity contribution in [3.63, 3.8) is 0 Å². The van der Waals surface area contributed by atoms with E-state index in [4.69, 9.17) is 19.0 Å². The summed E-state index contributed by atoms with van der Waals surface area (Å²) in [5.41, 5.74) is 4.20. The first-order valence-corrected chi connectivity index (χ1v) is 15.9. The van der Waals surface area contributed by atoms with Gasteiger partial charge in [-0.25, -0.2) is 0 Å². The zero-order valence-electron chi connectivity index (χ0n) is 25.9. The third kappa shape index (κ3) is 4.21. The lowest BCUT2D eigenvalue weighted by atomic mass is 9.50. The van der Waals surface area contributed by atoms with E-state index in [0.29, 0.717) is 30.9 Å². The minimum Gasteiger partial charge on any atom is -0.493 e. The molecule has 0 N–H and O–H groups in total. The van der Waals surface area contributed by atoms with Crippen molar-refractivity contribution in [3.05, 3.63) is 95.1 Å². The van der Waals surface area contributed by atoms with Crippen LogP contribution in [0, 0.1) is 5.92 Å². The van der Waals surface area contributed by atoms with Crippen molar-refractivity contribution in [3.8, 4) is 11.5 Å². The van der Waals surface area contributed by atoms with Crippen LogP contribution in [0.2, 0.25) is 0 Å². The third-order valence-electron chi connectivity index (χ3n) is 11.1. The minimum atomic E-state index is -1.39. The van der Waals surface area contributed by atoms with Gasteiger partial charge >= 0.3 is 0 Å². The van der Waals surface area contributed by atoms with Gasteiger partial charge in [-0.2, -0.15) is 5.06 Å². The van der Waals surface area contributed by atoms with Crippen molar-refractivity contribution in [2.75, 3.05) is 13.7 Å². The van der Waals surface area contributed by atoms with Crippen molar-refractivity contribution in [2.24, 2.45) is 5.92 Å². The Morgan fingerprint density at radius 3 is 2.19 bits per heavy atom. The molecule has 1 saturated carbocycles. The largest absolute Gasteiger partial charge is 0.493 e. The fourth-order valence-corrected chi connectivity index (χ4v) is 8.53. The number of Topliss-reactive ketones (excluding diaryl/α,β-unsaturated/α-hetero) is 1. The normalized spacial score (nSPS) is 30.1. The summed E-state index contributed by atoms with van der Waals surface area (Å²) in [4.78, 5) is 21.1. The number of methoxy groups -OCH3 is 1. The highest BCUT2D eigenvalue weighted by Crippen LogP contribution is 2.68. The van der Waals surface area contributed by atoms with Crippen LogP contribution in [0.3, 0.4) is 0 Å². The molecule has 8 atom stereocenters. The quantitative estimate of drug-likeness (QED) is 0.272. The van der Waals surface area contributed by atoms with E-state index in [2.05, 4.69) is 93.4 Å². The van der Waals surface area contributed by atoms with Crippen LogP contribution < -0.4 is 9.47 Å². The van der Waals surface area contributed by atoms with Crippen molar-refractivity contribution in [2.45, 2.75) is 94.7 Å². The molecule has 2 bridgehead atoms. The number of ketones is 1. The summed E-state index contributed by atoms with van der Waals surface area (Å²) in [5.74, 6) is 0.491. The van der Waals surface area contributed by atoms with Gasteiger partial charge in [0, 0.05) is 36.4 Å². The minimum absolute atomic E-state index is 0.00192. The Balaban J connectivity index is 1.27. The number of hydroxylamine groups is 2. The molecule has 2 heterocycles. The highest BCUT2D eigenvalue weighted by Gasteiger charge is 2.75. The summed E-state index contributed by atoms with van der Waals surface area (Å²) in [6, 6.07) is 25.2. The lowest BCUT2D eigenvalue weighted by molar-refractivity contribution is -0.298. The Labute approximate surface area is 255 Å². The summed E-state index contributed by atoms with van der Waals surface area (Å²) in [6.07, 6.45) is 2.52. The molecule has 1 saturated heterocycles. The van der Waals surface area contributed by atoms with Crippen LogP contribution in [0.4, 0.5) is 0 Å². The highest BCUT2D eigenvalue weighted by atomic mass is 16.7. The Bertz CT molecular complexity index is 1490. The predicted octanol–water partition coefficient (Wildman–Crippen LogP) is 6.96. The highest BCUT2D eigenvalue weighted by molar-refractivity contribution is 5.92. The van der Waals surface area contributed by atoms with Crippen molar-refractivity contribution < 1.29 is 23.8 Å². The lowest BCUT2D eigenvalue weighted by Gasteiger charge is -2.60. The van der Waals surface area contributed by atoms with Crippen LogP contribution in [0.1, 0.15) is 81.0 Å². The SMILES string of the molecule is COc1ccc2c3c1OC1(OC(C)C(C)c4ccccc4)C(=O)CC[C@H]4[C@@H](C2)N(OC(C)C(C)c2ccccc2)CC[C@@]341. The van der Waals surface area contributed by atoms with Crippen LogP contribution in [0.15, 0.2) is 72.8 Å². The molecule has 0 amide bonds. The monoisotopic (exact) mass is 581 g/mol. The van der Waals surface area contributed by atoms with Gasteiger partial charge < -0.3 is 14.2 Å². The molecule has 3 aromatic rings. The smallest absolute Gasteiger partial charge is 0.281 e. The van der Waals surface area contributed by atoms with Gasteiger partial charge in [0.1, 0.15) is 0 Å². The number of hydrogen-bond acceptors (Lipinski definition) is 6. The average molecular weight is 582 g/mol. The molecule has 2 fully saturated rings. The van der Waals surface area contributed by atoms with Gasteiger partial charge in [0.15, 0.2) is 11.5 Å². The first-order chi connectivity index (χ1) is 20.8. The predicted molar refractivity (Wildman–Crippen MR) is 165 cm³/mol. The number of carbonyl (C=O) groups excluding carboxylic acids is 1. The van der Waals surface area contributed by atoms with Gasteiger partial charge in [-0.3, -0.25) is 9.63 Å². The number of nitrogens with zero attached hydrogens (tertiary/aromatic N) is 1. The van der Waals surface area contributed by atoms with Crippen molar-refractivity contribution >= 4 is 5.78 Å². The maximum absolute atomic E-state index is 14.3. The molecule has 226 valence electrons. The van der Waals surface area contributed by atoms with Crippen LogP contribution in [-0.4, -0.2) is 48.5 Å². The van der Waals surface area contributed by atoms with Crippen LogP contribution in [0.5, 0.6) is 11.5 Å². The van der Waals surface area contributed by atoms with Crippen molar-refractivity contribution in [1.82, 2.24) is 5.06 Å². The number of carbonyl (C=O) groups is 1. The van der Waals surface area contributed by atoms with E-state index in [1.807, 2.05) is 12.1 Å². The van der Waals surface area contributed by atoms with Gasteiger partial charge in [0.25, 0.3) is 5.79 Å². The second-order valence-corrected chi connectivity index (χ2v) is 13.1. The Hall–Kier alpha value is -3.19. The Morgan fingerprint density at radius 1 is 0.884 bits per heavy atom. The van der Waals surface area contributed by atoms with Crippen LogP contribution >= 0.6 is 0 Å². The number of rotatable bonds is 9. The van der Waals surface area contributed by atoms with Crippen LogP contribution in [0.25, 0.3) is 0 Å². The first kappa shape index (κ1) is 28.6.